The van der Waals surface area contributed by atoms with Gasteiger partial charge in [-0.1, -0.05) is 41.6 Å². The number of para-hydroxylation sites is 1. The topological polar surface area (TPSA) is 81.2 Å². The second-order valence-corrected chi connectivity index (χ2v) is 6.21. The van der Waals surface area contributed by atoms with Crippen LogP contribution >= 0.6 is 0 Å². The molecule has 0 unspecified atom stereocenters. The molecule has 4 rings (SSSR count). The normalized spacial score (nSPS) is 10.3. The number of nitrogens with zero attached hydrogens (tertiary/aromatic N) is 3. The number of ether oxygens (including phenoxy) is 2. The molecule has 0 N–H and O–H groups in total. The SMILES string of the molecule is COc1ccccc1-c1noc(COc2ccc(-c3ccc(C#N)cc3)cc2)n1. The van der Waals surface area contributed by atoms with Gasteiger partial charge in [-0.2, -0.15) is 10.2 Å². The summed E-state index contributed by atoms with van der Waals surface area (Å²) in [5.74, 6) is 2.21. The molecule has 0 fully saturated rings. The highest BCUT2D eigenvalue weighted by Gasteiger charge is 2.13. The second-order valence-electron chi connectivity index (χ2n) is 6.21. The highest BCUT2D eigenvalue weighted by molar-refractivity contribution is 5.65. The molecular formula is C23H17N3O3. The lowest BCUT2D eigenvalue weighted by Gasteiger charge is -2.06. The Balaban J connectivity index is 1.42. The van der Waals surface area contributed by atoms with Gasteiger partial charge in [0.25, 0.3) is 5.89 Å². The smallest absolute Gasteiger partial charge is 0.264 e. The molecule has 0 bridgehead atoms. The lowest BCUT2D eigenvalue weighted by Crippen LogP contribution is -1.96. The first-order valence-corrected chi connectivity index (χ1v) is 8.96. The fourth-order valence-electron chi connectivity index (χ4n) is 2.88. The van der Waals surface area contributed by atoms with Crippen LogP contribution in [-0.2, 0) is 6.61 Å². The summed E-state index contributed by atoms with van der Waals surface area (Å²) < 4.78 is 16.4. The van der Waals surface area contributed by atoms with Gasteiger partial charge < -0.3 is 14.0 Å². The van der Waals surface area contributed by atoms with Crippen molar-refractivity contribution in [3.05, 3.63) is 84.3 Å². The molecule has 4 aromatic rings. The van der Waals surface area contributed by atoms with Crippen LogP contribution in [0.3, 0.4) is 0 Å². The molecular weight excluding hydrogens is 366 g/mol. The Hall–Kier alpha value is -4.11. The van der Waals surface area contributed by atoms with E-state index in [1.54, 1.807) is 19.2 Å². The Bertz CT molecular complexity index is 1140. The van der Waals surface area contributed by atoms with Crippen molar-refractivity contribution < 1.29 is 14.0 Å². The van der Waals surface area contributed by atoms with Gasteiger partial charge >= 0.3 is 0 Å². The molecule has 0 saturated heterocycles. The van der Waals surface area contributed by atoms with Crippen molar-refractivity contribution in [3.63, 3.8) is 0 Å². The second kappa shape index (κ2) is 8.28. The lowest BCUT2D eigenvalue weighted by atomic mass is 10.0. The Morgan fingerprint density at radius 1 is 0.931 bits per heavy atom. The van der Waals surface area contributed by atoms with Crippen LogP contribution in [0.4, 0.5) is 0 Å². The summed E-state index contributed by atoms with van der Waals surface area (Å²) >= 11 is 0. The molecule has 0 amide bonds. The molecule has 1 heterocycles. The maximum absolute atomic E-state index is 8.89. The third-order valence-corrected chi connectivity index (χ3v) is 4.38. The monoisotopic (exact) mass is 383 g/mol. The predicted molar refractivity (Wildman–Crippen MR) is 107 cm³/mol. The Morgan fingerprint density at radius 3 is 2.31 bits per heavy atom. The largest absolute Gasteiger partial charge is 0.496 e. The Morgan fingerprint density at radius 2 is 1.62 bits per heavy atom. The zero-order valence-electron chi connectivity index (χ0n) is 15.7. The summed E-state index contributed by atoms with van der Waals surface area (Å²) in [6.07, 6.45) is 0. The summed E-state index contributed by atoms with van der Waals surface area (Å²) in [6, 6.07) is 24.7. The van der Waals surface area contributed by atoms with E-state index >= 15 is 0 Å². The van der Waals surface area contributed by atoms with Gasteiger partial charge in [0.2, 0.25) is 5.82 Å². The van der Waals surface area contributed by atoms with Crippen molar-refractivity contribution in [1.82, 2.24) is 10.1 Å². The van der Waals surface area contributed by atoms with Crippen LogP contribution < -0.4 is 9.47 Å². The quantitative estimate of drug-likeness (QED) is 0.473. The standard InChI is InChI=1S/C23H17N3O3/c1-27-21-5-3-2-4-20(21)23-25-22(29-26-23)15-28-19-12-10-18(11-13-19)17-8-6-16(14-24)7-9-17/h2-13H,15H2,1H3. The molecule has 1 aromatic heterocycles. The molecule has 0 atom stereocenters. The Labute approximate surface area is 168 Å². The van der Waals surface area contributed by atoms with Crippen molar-refractivity contribution in [2.75, 3.05) is 7.11 Å². The van der Waals surface area contributed by atoms with E-state index in [0.29, 0.717) is 28.8 Å². The van der Waals surface area contributed by atoms with Gasteiger partial charge in [0.1, 0.15) is 11.5 Å². The van der Waals surface area contributed by atoms with Gasteiger partial charge in [-0.3, -0.25) is 0 Å². The molecule has 0 aliphatic heterocycles. The van der Waals surface area contributed by atoms with E-state index in [0.717, 1.165) is 16.7 Å². The summed E-state index contributed by atoms with van der Waals surface area (Å²) in [5, 5.41) is 12.9. The molecule has 0 spiro atoms. The average molecular weight is 383 g/mol. The maximum Gasteiger partial charge on any atom is 0.264 e. The van der Waals surface area contributed by atoms with E-state index in [1.807, 2.05) is 60.7 Å². The number of methoxy groups -OCH3 is 1. The zero-order valence-corrected chi connectivity index (χ0v) is 15.7. The molecule has 0 aliphatic rings. The minimum Gasteiger partial charge on any atom is -0.496 e. The van der Waals surface area contributed by atoms with Crippen LogP contribution in [0.5, 0.6) is 11.5 Å². The van der Waals surface area contributed by atoms with Crippen LogP contribution in [0.25, 0.3) is 22.5 Å². The summed E-state index contributed by atoms with van der Waals surface area (Å²) in [4.78, 5) is 4.38. The van der Waals surface area contributed by atoms with E-state index in [-0.39, 0.29) is 6.61 Å². The van der Waals surface area contributed by atoms with Crippen LogP contribution in [0.2, 0.25) is 0 Å². The fraction of sp³-hybridized carbons (Fsp3) is 0.0870. The maximum atomic E-state index is 8.89. The first-order valence-electron chi connectivity index (χ1n) is 8.96. The highest BCUT2D eigenvalue weighted by Crippen LogP contribution is 2.27. The van der Waals surface area contributed by atoms with Crippen molar-refractivity contribution in [2.24, 2.45) is 0 Å². The number of benzene rings is 3. The third kappa shape index (κ3) is 4.09. The van der Waals surface area contributed by atoms with Crippen LogP contribution in [-0.4, -0.2) is 17.3 Å². The molecule has 0 aliphatic carbocycles. The number of aromatic nitrogens is 2. The zero-order chi connectivity index (χ0) is 20.1. The molecule has 29 heavy (non-hydrogen) atoms. The number of hydrogen-bond donors (Lipinski definition) is 0. The van der Waals surface area contributed by atoms with Gasteiger partial charge in [0.05, 0.1) is 24.3 Å². The van der Waals surface area contributed by atoms with Crippen LogP contribution in [0.1, 0.15) is 11.5 Å². The number of hydrogen-bond acceptors (Lipinski definition) is 6. The summed E-state index contributed by atoms with van der Waals surface area (Å²) in [6.45, 7) is 0.165. The molecule has 3 aromatic carbocycles. The van der Waals surface area contributed by atoms with Gasteiger partial charge in [0.15, 0.2) is 6.61 Å². The average Bonchev–Trinajstić information content (AvgIpc) is 3.27. The van der Waals surface area contributed by atoms with Gasteiger partial charge in [-0.25, -0.2) is 0 Å². The minimum absolute atomic E-state index is 0.165. The van der Waals surface area contributed by atoms with Gasteiger partial charge in [-0.15, -0.1) is 0 Å². The van der Waals surface area contributed by atoms with Gasteiger partial charge in [0, 0.05) is 0 Å². The van der Waals surface area contributed by atoms with E-state index in [2.05, 4.69) is 16.2 Å². The first-order chi connectivity index (χ1) is 14.3. The lowest BCUT2D eigenvalue weighted by molar-refractivity contribution is 0.243. The van der Waals surface area contributed by atoms with Crippen molar-refractivity contribution >= 4 is 0 Å². The van der Waals surface area contributed by atoms with E-state index in [9.17, 15) is 0 Å². The van der Waals surface area contributed by atoms with Gasteiger partial charge in [-0.05, 0) is 47.5 Å². The van der Waals surface area contributed by atoms with Crippen molar-refractivity contribution in [2.45, 2.75) is 6.61 Å². The fourth-order valence-corrected chi connectivity index (χ4v) is 2.88. The molecule has 0 radical (unpaired) electrons. The third-order valence-electron chi connectivity index (χ3n) is 4.38. The highest BCUT2D eigenvalue weighted by atomic mass is 16.5. The van der Waals surface area contributed by atoms with Crippen LogP contribution in [0.15, 0.2) is 77.3 Å². The van der Waals surface area contributed by atoms with Crippen molar-refractivity contribution in [3.8, 4) is 40.1 Å². The number of rotatable bonds is 6. The molecule has 6 heteroatoms. The first kappa shape index (κ1) is 18.3. The summed E-state index contributed by atoms with van der Waals surface area (Å²) in [7, 11) is 1.60. The van der Waals surface area contributed by atoms with E-state index in [1.165, 1.54) is 0 Å². The molecule has 142 valence electrons. The van der Waals surface area contributed by atoms with Crippen LogP contribution in [0, 0.1) is 11.3 Å². The Kier molecular flexibility index (Phi) is 5.21. The summed E-state index contributed by atoms with van der Waals surface area (Å²) in [5.41, 5.74) is 3.48. The van der Waals surface area contributed by atoms with Crippen molar-refractivity contribution in [1.29, 1.82) is 5.26 Å². The van der Waals surface area contributed by atoms with E-state index in [4.69, 9.17) is 19.3 Å². The number of nitriles is 1. The predicted octanol–water partition coefficient (Wildman–Crippen LogP) is 4.86. The molecule has 0 saturated carbocycles. The minimum atomic E-state index is 0.165. The van der Waals surface area contributed by atoms with E-state index < -0.39 is 0 Å². The molecule has 6 nitrogen and oxygen atoms in total.